The summed E-state index contributed by atoms with van der Waals surface area (Å²) in [5.41, 5.74) is 3.84. The van der Waals surface area contributed by atoms with Crippen LogP contribution in [0.25, 0.3) is 10.9 Å². The molecular formula is C24H26FN3O3. The number of halogens is 1. The molecule has 2 N–H and O–H groups in total. The molecule has 0 spiro atoms. The number of carbonyl (C=O) groups excluding carboxylic acids is 2. The molecule has 4 rings (SSSR count). The first-order valence-electron chi connectivity index (χ1n) is 10.6. The lowest BCUT2D eigenvalue weighted by Gasteiger charge is -2.25. The van der Waals surface area contributed by atoms with Crippen LogP contribution in [0, 0.1) is 5.82 Å². The van der Waals surface area contributed by atoms with Crippen LogP contribution in [0.5, 0.6) is 0 Å². The summed E-state index contributed by atoms with van der Waals surface area (Å²) in [7, 11) is 0. The molecule has 1 unspecified atom stereocenters. The van der Waals surface area contributed by atoms with Crippen molar-refractivity contribution in [2.75, 3.05) is 6.61 Å². The summed E-state index contributed by atoms with van der Waals surface area (Å²) < 4.78 is 21.0. The van der Waals surface area contributed by atoms with Gasteiger partial charge >= 0.3 is 12.0 Å². The van der Waals surface area contributed by atoms with Gasteiger partial charge in [-0.3, -0.25) is 4.79 Å². The highest BCUT2D eigenvalue weighted by atomic mass is 19.1. The smallest absolute Gasteiger partial charge is 0.325 e. The van der Waals surface area contributed by atoms with Crippen LogP contribution < -0.4 is 10.6 Å². The van der Waals surface area contributed by atoms with E-state index in [0.29, 0.717) is 26.0 Å². The van der Waals surface area contributed by atoms with Gasteiger partial charge in [0.2, 0.25) is 0 Å². The quantitative estimate of drug-likeness (QED) is 0.594. The van der Waals surface area contributed by atoms with Crippen LogP contribution in [-0.4, -0.2) is 29.2 Å². The summed E-state index contributed by atoms with van der Waals surface area (Å²) in [4.78, 5) is 24.5. The maximum absolute atomic E-state index is 14.0. The highest BCUT2D eigenvalue weighted by Gasteiger charge is 2.27. The molecule has 1 aliphatic rings. The van der Waals surface area contributed by atoms with Gasteiger partial charge in [-0.1, -0.05) is 30.3 Å². The normalized spacial score (nSPS) is 15.4. The number of urea groups is 1. The van der Waals surface area contributed by atoms with Crippen molar-refractivity contribution in [3.63, 3.8) is 0 Å². The lowest BCUT2D eigenvalue weighted by molar-refractivity contribution is -0.143. The summed E-state index contributed by atoms with van der Waals surface area (Å²) in [5, 5.41) is 6.71. The Morgan fingerprint density at radius 1 is 1.19 bits per heavy atom. The number of hydrogen-bond donors (Lipinski definition) is 2. The first-order chi connectivity index (χ1) is 15.0. The molecule has 0 bridgehead atoms. The lowest BCUT2D eigenvalue weighted by atomic mass is 9.91. The van der Waals surface area contributed by atoms with E-state index in [2.05, 4.69) is 10.6 Å². The summed E-state index contributed by atoms with van der Waals surface area (Å²) in [6.07, 6.45) is 2.02. The molecule has 2 amide bonds. The highest BCUT2D eigenvalue weighted by molar-refractivity contribution is 5.87. The van der Waals surface area contributed by atoms with Gasteiger partial charge in [-0.2, -0.15) is 0 Å². The molecule has 1 aliphatic carbocycles. The molecule has 0 fully saturated rings. The van der Waals surface area contributed by atoms with Crippen molar-refractivity contribution in [1.29, 1.82) is 0 Å². The number of fused-ring (bicyclic) bond motifs is 3. The van der Waals surface area contributed by atoms with E-state index >= 15 is 0 Å². The van der Waals surface area contributed by atoms with Gasteiger partial charge in [0.25, 0.3) is 0 Å². The molecule has 1 aromatic heterocycles. The van der Waals surface area contributed by atoms with Gasteiger partial charge in [-0.15, -0.1) is 0 Å². The van der Waals surface area contributed by atoms with Crippen molar-refractivity contribution < 1.29 is 18.7 Å². The maximum atomic E-state index is 14.0. The number of rotatable bonds is 6. The minimum atomic E-state index is -0.320. The van der Waals surface area contributed by atoms with Crippen molar-refractivity contribution >= 4 is 22.9 Å². The van der Waals surface area contributed by atoms with Crippen molar-refractivity contribution in [2.24, 2.45) is 0 Å². The average molecular weight is 423 g/mol. The summed E-state index contributed by atoms with van der Waals surface area (Å²) in [6.45, 7) is 2.64. The molecule has 6 nitrogen and oxygen atoms in total. The van der Waals surface area contributed by atoms with Crippen molar-refractivity contribution in [3.05, 3.63) is 71.2 Å². The highest BCUT2D eigenvalue weighted by Crippen LogP contribution is 2.33. The number of hydrogen-bond acceptors (Lipinski definition) is 3. The van der Waals surface area contributed by atoms with Gasteiger partial charge in [0.05, 0.1) is 6.61 Å². The molecule has 2 aromatic carbocycles. The number of aromatic nitrogens is 1. The number of ether oxygens (including phenoxy) is 1. The van der Waals surface area contributed by atoms with Crippen LogP contribution in [0.2, 0.25) is 0 Å². The second-order valence-corrected chi connectivity index (χ2v) is 7.73. The van der Waals surface area contributed by atoms with E-state index in [1.807, 2.05) is 34.9 Å². The van der Waals surface area contributed by atoms with Crippen LogP contribution in [0.15, 0.2) is 48.5 Å². The number of amides is 2. The largest absolute Gasteiger partial charge is 0.465 e. The fourth-order valence-electron chi connectivity index (χ4n) is 4.28. The van der Waals surface area contributed by atoms with Crippen LogP contribution >= 0.6 is 0 Å². The van der Waals surface area contributed by atoms with Crippen LogP contribution in [0.1, 0.15) is 30.2 Å². The second-order valence-electron chi connectivity index (χ2n) is 7.73. The van der Waals surface area contributed by atoms with Gasteiger partial charge in [-0.25, -0.2) is 9.18 Å². The molecule has 7 heteroatoms. The molecule has 0 saturated heterocycles. The Hall–Kier alpha value is -3.35. The van der Waals surface area contributed by atoms with Gasteiger partial charge in [0.15, 0.2) is 0 Å². The molecule has 1 heterocycles. The Morgan fingerprint density at radius 3 is 2.77 bits per heavy atom. The Kier molecular flexibility index (Phi) is 6.21. The molecule has 31 heavy (non-hydrogen) atoms. The molecule has 3 aromatic rings. The topological polar surface area (TPSA) is 72.4 Å². The van der Waals surface area contributed by atoms with Crippen molar-refractivity contribution in [1.82, 2.24) is 15.2 Å². The van der Waals surface area contributed by atoms with Gasteiger partial charge in [0, 0.05) is 29.2 Å². The summed E-state index contributed by atoms with van der Waals surface area (Å²) in [6, 6.07) is 14.1. The maximum Gasteiger partial charge on any atom is 0.325 e. The molecule has 0 aliphatic heterocycles. The Morgan fingerprint density at radius 2 is 2.00 bits per heavy atom. The Labute approximate surface area is 180 Å². The van der Waals surface area contributed by atoms with Crippen LogP contribution in [-0.2, 0) is 35.5 Å². The van der Waals surface area contributed by atoms with Crippen LogP contribution in [0.3, 0.4) is 0 Å². The van der Waals surface area contributed by atoms with Crippen molar-refractivity contribution in [2.45, 2.75) is 45.3 Å². The number of esters is 1. The van der Waals surface area contributed by atoms with Gasteiger partial charge < -0.3 is 19.9 Å². The molecular weight excluding hydrogens is 397 g/mol. The molecule has 162 valence electrons. The number of nitrogens with zero attached hydrogens (tertiary/aromatic N) is 1. The minimum absolute atomic E-state index is 0.0619. The SMILES string of the molecule is CCOC(=O)Cn1c2c(c3cc(F)ccc31)CC(NC(=O)NCc1ccccc1)CC2. The number of nitrogens with one attached hydrogen (secondary N) is 2. The number of carbonyl (C=O) groups is 2. The van der Waals surface area contributed by atoms with Crippen LogP contribution in [0.4, 0.5) is 9.18 Å². The molecule has 1 atom stereocenters. The van der Waals surface area contributed by atoms with E-state index in [4.69, 9.17) is 4.74 Å². The minimum Gasteiger partial charge on any atom is -0.465 e. The fourth-order valence-corrected chi connectivity index (χ4v) is 4.28. The zero-order chi connectivity index (χ0) is 21.8. The van der Waals surface area contributed by atoms with E-state index in [-0.39, 0.29) is 30.4 Å². The number of benzene rings is 2. The molecule has 0 saturated carbocycles. The van der Waals surface area contributed by atoms with E-state index < -0.39 is 0 Å². The predicted molar refractivity (Wildman–Crippen MR) is 116 cm³/mol. The van der Waals surface area contributed by atoms with Gasteiger partial charge in [-0.05, 0) is 55.5 Å². The van der Waals surface area contributed by atoms with E-state index in [1.54, 1.807) is 13.0 Å². The third kappa shape index (κ3) is 4.71. The second kappa shape index (κ2) is 9.20. The monoisotopic (exact) mass is 423 g/mol. The standard InChI is InChI=1S/C24H26FN3O3/c1-2-31-23(29)15-28-21-10-8-17(25)12-19(21)20-13-18(9-11-22(20)28)27-24(30)26-14-16-6-4-3-5-7-16/h3-8,10,12,18H,2,9,11,13-15H2,1H3,(H2,26,27,30). The predicted octanol–water partition coefficient (Wildman–Crippen LogP) is 3.70. The first-order valence-corrected chi connectivity index (χ1v) is 10.6. The average Bonchev–Trinajstić information content (AvgIpc) is 3.05. The fraction of sp³-hybridized carbons (Fsp3) is 0.333. The van der Waals surface area contributed by atoms with E-state index in [0.717, 1.165) is 34.1 Å². The summed E-state index contributed by atoms with van der Waals surface area (Å²) in [5.74, 6) is -0.633. The lowest BCUT2D eigenvalue weighted by Crippen LogP contribution is -2.44. The third-order valence-electron chi connectivity index (χ3n) is 5.65. The Bertz CT molecular complexity index is 1090. The summed E-state index contributed by atoms with van der Waals surface area (Å²) >= 11 is 0. The first kappa shape index (κ1) is 20.9. The zero-order valence-electron chi connectivity index (χ0n) is 17.5. The van der Waals surface area contributed by atoms with E-state index in [1.165, 1.54) is 12.1 Å². The third-order valence-corrected chi connectivity index (χ3v) is 5.65. The van der Waals surface area contributed by atoms with E-state index in [9.17, 15) is 14.0 Å². The Balaban J connectivity index is 1.50. The zero-order valence-corrected chi connectivity index (χ0v) is 17.5. The molecule has 0 radical (unpaired) electrons. The van der Waals surface area contributed by atoms with Crippen molar-refractivity contribution in [3.8, 4) is 0 Å². The van der Waals surface area contributed by atoms with Gasteiger partial charge in [0.1, 0.15) is 12.4 Å².